The van der Waals surface area contributed by atoms with E-state index >= 15 is 0 Å². The number of sulfonamides is 1. The quantitative estimate of drug-likeness (QED) is 0.360. The average Bonchev–Trinajstić information content (AvgIpc) is 3.31. The van der Waals surface area contributed by atoms with Crippen LogP contribution in [0.1, 0.15) is 47.1 Å². The average molecular weight is 500 g/mol. The van der Waals surface area contributed by atoms with E-state index < -0.39 is 21.8 Å². The summed E-state index contributed by atoms with van der Waals surface area (Å²) in [6, 6.07) is 10.7. The van der Waals surface area contributed by atoms with E-state index in [1.54, 1.807) is 17.5 Å². The van der Waals surface area contributed by atoms with Crippen molar-refractivity contribution in [2.24, 2.45) is 0 Å². The van der Waals surface area contributed by atoms with Gasteiger partial charge in [0.05, 0.1) is 33.3 Å². The van der Waals surface area contributed by atoms with Gasteiger partial charge in [-0.25, -0.2) is 18.2 Å². The number of anilines is 2. The van der Waals surface area contributed by atoms with Crippen LogP contribution in [0.25, 0.3) is 4.85 Å². The fourth-order valence-corrected chi connectivity index (χ4v) is 5.62. The summed E-state index contributed by atoms with van der Waals surface area (Å²) in [4.78, 5) is 30.5. The van der Waals surface area contributed by atoms with Crippen LogP contribution in [0.5, 0.6) is 0 Å². The topological polar surface area (TPSA) is 87.9 Å². The van der Waals surface area contributed by atoms with E-state index in [9.17, 15) is 18.0 Å². The zero-order valence-corrected chi connectivity index (χ0v) is 20.2. The minimum Gasteiger partial charge on any atom is -0.279 e. The summed E-state index contributed by atoms with van der Waals surface area (Å²) in [5.74, 6) is -1.45. The number of benzene rings is 2. The molecule has 3 aromatic rings. The minimum absolute atomic E-state index is 0.0152. The van der Waals surface area contributed by atoms with E-state index in [1.165, 1.54) is 30.3 Å². The van der Waals surface area contributed by atoms with Crippen molar-refractivity contribution in [2.75, 3.05) is 9.62 Å². The molecule has 4 rings (SSSR count). The number of hydrogen-bond donors (Lipinski definition) is 1. The highest BCUT2D eigenvalue weighted by Gasteiger charge is 2.42. The fourth-order valence-electron chi connectivity index (χ4n) is 3.48. The molecule has 0 radical (unpaired) electrons. The van der Waals surface area contributed by atoms with Gasteiger partial charge in [-0.15, -0.1) is 11.3 Å². The highest BCUT2D eigenvalue weighted by molar-refractivity contribution is 7.92. The monoisotopic (exact) mass is 499 g/mol. The lowest BCUT2D eigenvalue weighted by atomic mass is 9.87. The Hall–Kier alpha value is -3.19. The van der Waals surface area contributed by atoms with Crippen LogP contribution in [0.3, 0.4) is 0 Å². The number of amides is 2. The largest absolute Gasteiger partial charge is 0.279 e. The van der Waals surface area contributed by atoms with Gasteiger partial charge >= 0.3 is 0 Å². The van der Waals surface area contributed by atoms with Crippen molar-refractivity contribution in [3.05, 3.63) is 81.0 Å². The summed E-state index contributed by atoms with van der Waals surface area (Å²) < 4.78 is 28.5. The molecule has 1 aliphatic heterocycles. The molecule has 168 valence electrons. The highest BCUT2D eigenvalue weighted by Crippen LogP contribution is 2.43. The van der Waals surface area contributed by atoms with Crippen molar-refractivity contribution in [3.8, 4) is 0 Å². The lowest BCUT2D eigenvalue weighted by Gasteiger charge is -2.19. The van der Waals surface area contributed by atoms with E-state index in [4.69, 9.17) is 18.2 Å². The Kier molecular flexibility index (Phi) is 5.56. The van der Waals surface area contributed by atoms with Crippen LogP contribution in [0.15, 0.2) is 52.7 Å². The maximum atomic E-state index is 13.2. The van der Waals surface area contributed by atoms with Crippen LogP contribution in [0.2, 0.25) is 5.02 Å². The van der Waals surface area contributed by atoms with Gasteiger partial charge in [-0.3, -0.25) is 14.3 Å². The van der Waals surface area contributed by atoms with E-state index in [1.807, 2.05) is 20.8 Å². The van der Waals surface area contributed by atoms with Crippen LogP contribution in [-0.2, 0) is 15.4 Å². The van der Waals surface area contributed by atoms with E-state index in [0.29, 0.717) is 0 Å². The molecule has 0 atom stereocenters. The van der Waals surface area contributed by atoms with Gasteiger partial charge in [-0.2, -0.15) is 0 Å². The zero-order valence-electron chi connectivity index (χ0n) is 17.8. The highest BCUT2D eigenvalue weighted by atomic mass is 35.5. The summed E-state index contributed by atoms with van der Waals surface area (Å²) in [5, 5.41) is 1.78. The number of nitrogens with one attached hydrogen (secondary N) is 1. The van der Waals surface area contributed by atoms with Crippen LogP contribution < -0.4 is 9.62 Å². The van der Waals surface area contributed by atoms with Gasteiger partial charge in [0.15, 0.2) is 0 Å². The molecule has 7 nitrogen and oxygen atoms in total. The first-order valence-corrected chi connectivity index (χ1v) is 12.5. The molecule has 0 aliphatic carbocycles. The SMILES string of the molecule is [C-]#[N+]c1ccsc1N1C(=O)c2c(Cl)ccc(NS(=O)(=O)c3ccc(C(C)(C)C)cc3)c2C1=O. The minimum atomic E-state index is -4.06. The van der Waals surface area contributed by atoms with Crippen molar-refractivity contribution in [3.63, 3.8) is 0 Å². The standard InChI is InChI=1S/C23H18ClN3O4S2/c1-23(2,3)13-5-7-14(8-6-13)33(30,31)26-16-10-9-15(24)18-19(16)21(29)27(20(18)28)22-17(25-4)11-12-32-22/h5-12,26H,1-3H3. The normalized spacial score (nSPS) is 13.7. The molecule has 2 heterocycles. The molecule has 1 aromatic heterocycles. The van der Waals surface area contributed by atoms with Crippen molar-refractivity contribution in [1.29, 1.82) is 0 Å². The van der Waals surface area contributed by atoms with Gasteiger partial charge in [0, 0.05) is 0 Å². The molecule has 0 spiro atoms. The van der Waals surface area contributed by atoms with Crippen molar-refractivity contribution < 1.29 is 18.0 Å². The number of rotatable bonds is 4. The molecule has 0 saturated heterocycles. The number of carbonyl (C=O) groups excluding carboxylic acids is 2. The number of thiophene rings is 1. The summed E-state index contributed by atoms with van der Waals surface area (Å²) in [6.07, 6.45) is 0. The predicted octanol–water partition coefficient (Wildman–Crippen LogP) is 5.85. The molecule has 0 saturated carbocycles. The molecule has 2 amide bonds. The molecule has 0 unspecified atom stereocenters. The molecular weight excluding hydrogens is 482 g/mol. The third-order valence-electron chi connectivity index (χ3n) is 5.21. The second-order valence-electron chi connectivity index (χ2n) is 8.39. The molecule has 0 bridgehead atoms. The summed E-state index contributed by atoms with van der Waals surface area (Å²) in [5.41, 5.74) is 0.662. The van der Waals surface area contributed by atoms with E-state index in [-0.39, 0.29) is 42.8 Å². The number of nitrogens with zero attached hydrogens (tertiary/aromatic N) is 2. The first-order chi connectivity index (χ1) is 15.5. The fraction of sp³-hybridized carbons (Fsp3) is 0.174. The van der Waals surface area contributed by atoms with Crippen LogP contribution in [0.4, 0.5) is 16.4 Å². The summed E-state index contributed by atoms with van der Waals surface area (Å²) in [7, 11) is -4.06. The second kappa shape index (κ2) is 7.99. The van der Waals surface area contributed by atoms with E-state index in [2.05, 4.69) is 9.57 Å². The Bertz CT molecular complexity index is 1450. The lowest BCUT2D eigenvalue weighted by molar-refractivity contribution is 0.0927. The third-order valence-corrected chi connectivity index (χ3v) is 7.80. The number of imide groups is 1. The Morgan fingerprint density at radius 2 is 1.64 bits per heavy atom. The first kappa shape index (κ1) is 23.0. The molecule has 33 heavy (non-hydrogen) atoms. The van der Waals surface area contributed by atoms with Gasteiger partial charge < -0.3 is 0 Å². The van der Waals surface area contributed by atoms with Gasteiger partial charge in [0.2, 0.25) is 5.69 Å². The second-order valence-corrected chi connectivity index (χ2v) is 11.4. The number of halogens is 1. The van der Waals surface area contributed by atoms with Gasteiger partial charge in [0.25, 0.3) is 21.8 Å². The lowest BCUT2D eigenvalue weighted by Crippen LogP contribution is -2.28. The molecule has 2 aromatic carbocycles. The van der Waals surface area contributed by atoms with Gasteiger partial charge in [0.1, 0.15) is 5.00 Å². The van der Waals surface area contributed by atoms with Gasteiger partial charge in [-0.1, -0.05) is 44.5 Å². The van der Waals surface area contributed by atoms with Crippen LogP contribution in [0, 0.1) is 6.57 Å². The molecule has 1 N–H and O–H groups in total. The zero-order chi connectivity index (χ0) is 24.1. The first-order valence-electron chi connectivity index (χ1n) is 9.75. The summed E-state index contributed by atoms with van der Waals surface area (Å²) in [6.45, 7) is 13.3. The Balaban J connectivity index is 1.75. The Morgan fingerprint density at radius 1 is 1.00 bits per heavy atom. The number of hydrogen-bond acceptors (Lipinski definition) is 5. The van der Waals surface area contributed by atoms with Crippen molar-refractivity contribution in [2.45, 2.75) is 31.1 Å². The summed E-state index contributed by atoms with van der Waals surface area (Å²) >= 11 is 7.28. The number of carbonyl (C=O) groups is 2. The molecule has 0 fully saturated rings. The van der Waals surface area contributed by atoms with E-state index in [0.717, 1.165) is 21.8 Å². The molecule has 10 heteroatoms. The Labute approximate surface area is 200 Å². The molecular formula is C23H18ClN3O4S2. The number of fused-ring (bicyclic) bond motifs is 1. The maximum absolute atomic E-state index is 13.2. The predicted molar refractivity (Wildman–Crippen MR) is 129 cm³/mol. The van der Waals surface area contributed by atoms with Crippen LogP contribution >= 0.6 is 22.9 Å². The molecule has 1 aliphatic rings. The third kappa shape index (κ3) is 3.91. The smallest absolute Gasteiger partial charge is 0.267 e. The van der Waals surface area contributed by atoms with Crippen molar-refractivity contribution in [1.82, 2.24) is 0 Å². The maximum Gasteiger partial charge on any atom is 0.267 e. The Morgan fingerprint density at radius 3 is 2.24 bits per heavy atom. The van der Waals surface area contributed by atoms with Crippen molar-refractivity contribution >= 4 is 61.2 Å². The van der Waals surface area contributed by atoms with Gasteiger partial charge in [-0.05, 0) is 46.7 Å². The van der Waals surface area contributed by atoms with Crippen LogP contribution in [-0.4, -0.2) is 20.2 Å².